The summed E-state index contributed by atoms with van der Waals surface area (Å²) in [5, 5.41) is 10.5. The van der Waals surface area contributed by atoms with Gasteiger partial charge in [0.1, 0.15) is 11.6 Å². The SMILES string of the molecule is COc1ccccc1NCC(=O)Nc1cc(C)nn1-c1ccc(C)cc1. The van der Waals surface area contributed by atoms with E-state index in [2.05, 4.69) is 15.7 Å². The Hall–Kier alpha value is -3.28. The van der Waals surface area contributed by atoms with Gasteiger partial charge >= 0.3 is 0 Å². The third-order valence-corrected chi connectivity index (χ3v) is 3.92. The van der Waals surface area contributed by atoms with Gasteiger partial charge in [0, 0.05) is 6.07 Å². The highest BCUT2D eigenvalue weighted by Gasteiger charge is 2.11. The van der Waals surface area contributed by atoms with E-state index >= 15 is 0 Å². The Morgan fingerprint density at radius 3 is 2.58 bits per heavy atom. The van der Waals surface area contributed by atoms with E-state index in [0.29, 0.717) is 11.6 Å². The molecule has 0 atom stereocenters. The second-order valence-corrected chi connectivity index (χ2v) is 6.02. The minimum Gasteiger partial charge on any atom is -0.495 e. The molecule has 3 aromatic rings. The molecule has 0 unspecified atom stereocenters. The van der Waals surface area contributed by atoms with Crippen LogP contribution in [0.4, 0.5) is 11.5 Å². The minimum atomic E-state index is -0.163. The topological polar surface area (TPSA) is 68.2 Å². The zero-order valence-electron chi connectivity index (χ0n) is 15.1. The smallest absolute Gasteiger partial charge is 0.244 e. The average molecular weight is 350 g/mol. The molecule has 6 heteroatoms. The van der Waals surface area contributed by atoms with E-state index in [1.165, 1.54) is 5.56 Å². The molecule has 26 heavy (non-hydrogen) atoms. The lowest BCUT2D eigenvalue weighted by Crippen LogP contribution is -2.23. The van der Waals surface area contributed by atoms with E-state index in [9.17, 15) is 4.79 Å². The third-order valence-electron chi connectivity index (χ3n) is 3.92. The summed E-state index contributed by atoms with van der Waals surface area (Å²) in [7, 11) is 1.60. The van der Waals surface area contributed by atoms with Crippen molar-refractivity contribution in [3.63, 3.8) is 0 Å². The van der Waals surface area contributed by atoms with E-state index < -0.39 is 0 Å². The number of anilines is 2. The normalized spacial score (nSPS) is 10.4. The van der Waals surface area contributed by atoms with Crippen molar-refractivity contribution in [2.24, 2.45) is 0 Å². The Labute approximate surface area is 152 Å². The first kappa shape index (κ1) is 17.5. The number of ether oxygens (including phenoxy) is 1. The molecule has 0 fully saturated rings. The lowest BCUT2D eigenvalue weighted by molar-refractivity contribution is -0.114. The number of nitrogens with one attached hydrogen (secondary N) is 2. The number of carbonyl (C=O) groups is 1. The van der Waals surface area contributed by atoms with Crippen molar-refractivity contribution in [2.45, 2.75) is 13.8 Å². The molecule has 2 aromatic carbocycles. The van der Waals surface area contributed by atoms with Crippen LogP contribution in [0, 0.1) is 13.8 Å². The van der Waals surface area contributed by atoms with Crippen LogP contribution >= 0.6 is 0 Å². The number of carbonyl (C=O) groups excluding carboxylic acids is 1. The predicted molar refractivity (Wildman–Crippen MR) is 103 cm³/mol. The maximum Gasteiger partial charge on any atom is 0.244 e. The van der Waals surface area contributed by atoms with Crippen LogP contribution in [0.15, 0.2) is 54.6 Å². The Morgan fingerprint density at radius 2 is 1.85 bits per heavy atom. The monoisotopic (exact) mass is 350 g/mol. The number of hydrogen-bond donors (Lipinski definition) is 2. The molecular formula is C20H22N4O2. The summed E-state index contributed by atoms with van der Waals surface area (Å²) >= 11 is 0. The summed E-state index contributed by atoms with van der Waals surface area (Å²) in [5.74, 6) is 1.17. The molecule has 1 heterocycles. The zero-order chi connectivity index (χ0) is 18.5. The molecule has 0 aliphatic rings. The highest BCUT2D eigenvalue weighted by Crippen LogP contribution is 2.23. The van der Waals surface area contributed by atoms with Crippen molar-refractivity contribution in [3.8, 4) is 11.4 Å². The lowest BCUT2D eigenvalue weighted by atomic mass is 10.2. The first-order chi connectivity index (χ1) is 12.6. The minimum absolute atomic E-state index is 0.124. The number of para-hydroxylation sites is 2. The van der Waals surface area contributed by atoms with Gasteiger partial charge in [0.25, 0.3) is 0 Å². The van der Waals surface area contributed by atoms with Crippen molar-refractivity contribution >= 4 is 17.4 Å². The van der Waals surface area contributed by atoms with Crippen LogP contribution in [0.25, 0.3) is 5.69 Å². The van der Waals surface area contributed by atoms with Gasteiger partial charge in [-0.05, 0) is 38.1 Å². The van der Waals surface area contributed by atoms with Gasteiger partial charge < -0.3 is 15.4 Å². The highest BCUT2D eigenvalue weighted by atomic mass is 16.5. The molecule has 0 spiro atoms. The van der Waals surface area contributed by atoms with Crippen LogP contribution in [0.2, 0.25) is 0 Å². The fourth-order valence-corrected chi connectivity index (χ4v) is 2.62. The molecule has 0 aliphatic heterocycles. The number of rotatable bonds is 6. The first-order valence-electron chi connectivity index (χ1n) is 8.37. The largest absolute Gasteiger partial charge is 0.495 e. The lowest BCUT2D eigenvalue weighted by Gasteiger charge is -2.12. The molecule has 0 bridgehead atoms. The first-order valence-corrected chi connectivity index (χ1v) is 8.37. The van der Waals surface area contributed by atoms with Gasteiger partial charge in [-0.1, -0.05) is 29.8 Å². The summed E-state index contributed by atoms with van der Waals surface area (Å²) in [6, 6.07) is 17.3. The molecule has 3 rings (SSSR count). The third kappa shape index (κ3) is 4.03. The molecular weight excluding hydrogens is 328 g/mol. The molecule has 0 radical (unpaired) electrons. The molecule has 134 valence electrons. The summed E-state index contributed by atoms with van der Waals surface area (Å²) < 4.78 is 7.01. The number of hydrogen-bond acceptors (Lipinski definition) is 4. The molecule has 6 nitrogen and oxygen atoms in total. The fraction of sp³-hybridized carbons (Fsp3) is 0.200. The maximum absolute atomic E-state index is 12.4. The van der Waals surface area contributed by atoms with Gasteiger partial charge in [0.05, 0.1) is 30.7 Å². The second kappa shape index (κ2) is 7.74. The van der Waals surface area contributed by atoms with Crippen LogP contribution in [0.5, 0.6) is 5.75 Å². The van der Waals surface area contributed by atoms with Crippen LogP contribution in [-0.4, -0.2) is 29.3 Å². The van der Waals surface area contributed by atoms with E-state index in [-0.39, 0.29) is 12.5 Å². The van der Waals surface area contributed by atoms with Crippen LogP contribution in [-0.2, 0) is 4.79 Å². The summed E-state index contributed by atoms with van der Waals surface area (Å²) in [4.78, 5) is 12.4. The Bertz CT molecular complexity index is 900. The quantitative estimate of drug-likeness (QED) is 0.713. The van der Waals surface area contributed by atoms with Crippen molar-refractivity contribution in [2.75, 3.05) is 24.3 Å². The van der Waals surface area contributed by atoms with Gasteiger partial charge in [0.2, 0.25) is 5.91 Å². The zero-order valence-corrected chi connectivity index (χ0v) is 15.1. The van der Waals surface area contributed by atoms with Crippen molar-refractivity contribution in [1.29, 1.82) is 0 Å². The van der Waals surface area contributed by atoms with E-state index in [1.807, 2.05) is 68.4 Å². The number of aromatic nitrogens is 2. The van der Waals surface area contributed by atoms with E-state index in [4.69, 9.17) is 4.74 Å². The number of nitrogens with zero attached hydrogens (tertiary/aromatic N) is 2. The summed E-state index contributed by atoms with van der Waals surface area (Å²) in [6.45, 7) is 4.05. The van der Waals surface area contributed by atoms with Gasteiger partial charge in [0.15, 0.2) is 0 Å². The average Bonchev–Trinajstić information content (AvgIpc) is 3.01. The number of methoxy groups -OCH3 is 1. The number of aryl methyl sites for hydroxylation is 2. The molecule has 2 N–H and O–H groups in total. The van der Waals surface area contributed by atoms with Crippen LogP contribution in [0.3, 0.4) is 0 Å². The summed E-state index contributed by atoms with van der Waals surface area (Å²) in [6.07, 6.45) is 0. The molecule has 0 aliphatic carbocycles. The van der Waals surface area contributed by atoms with Gasteiger partial charge in [-0.2, -0.15) is 5.10 Å². The van der Waals surface area contributed by atoms with Crippen molar-refractivity contribution in [3.05, 3.63) is 65.9 Å². The summed E-state index contributed by atoms with van der Waals surface area (Å²) in [5.41, 5.74) is 3.67. The second-order valence-electron chi connectivity index (χ2n) is 6.02. The fourth-order valence-electron chi connectivity index (χ4n) is 2.62. The predicted octanol–water partition coefficient (Wildman–Crippen LogP) is 3.55. The van der Waals surface area contributed by atoms with Crippen LogP contribution in [0.1, 0.15) is 11.3 Å². The van der Waals surface area contributed by atoms with Gasteiger partial charge in [-0.15, -0.1) is 0 Å². The van der Waals surface area contributed by atoms with Gasteiger partial charge in [-0.25, -0.2) is 4.68 Å². The van der Waals surface area contributed by atoms with Crippen LogP contribution < -0.4 is 15.4 Å². The number of benzene rings is 2. The molecule has 0 saturated carbocycles. The van der Waals surface area contributed by atoms with E-state index in [1.54, 1.807) is 11.8 Å². The van der Waals surface area contributed by atoms with Crippen molar-refractivity contribution in [1.82, 2.24) is 9.78 Å². The maximum atomic E-state index is 12.4. The Kier molecular flexibility index (Phi) is 5.22. The van der Waals surface area contributed by atoms with E-state index in [0.717, 1.165) is 17.1 Å². The Balaban J connectivity index is 1.71. The number of amides is 1. The molecule has 0 saturated heterocycles. The van der Waals surface area contributed by atoms with Crippen molar-refractivity contribution < 1.29 is 9.53 Å². The molecule has 1 amide bonds. The Morgan fingerprint density at radius 1 is 1.12 bits per heavy atom. The highest BCUT2D eigenvalue weighted by molar-refractivity contribution is 5.93. The molecule has 1 aromatic heterocycles. The van der Waals surface area contributed by atoms with Gasteiger partial charge in [-0.3, -0.25) is 4.79 Å². The standard InChI is InChI=1S/C20H22N4O2/c1-14-8-10-16(11-9-14)24-19(12-15(2)23-24)22-20(25)13-21-17-6-4-5-7-18(17)26-3/h4-12,21H,13H2,1-3H3,(H,22,25).